The summed E-state index contributed by atoms with van der Waals surface area (Å²) in [6, 6.07) is 30.6. The van der Waals surface area contributed by atoms with Gasteiger partial charge in [-0.2, -0.15) is 0 Å². The highest BCUT2D eigenvalue weighted by molar-refractivity contribution is 6.99. The summed E-state index contributed by atoms with van der Waals surface area (Å²) in [6.45, 7) is 13.7. The van der Waals surface area contributed by atoms with E-state index in [2.05, 4.69) is 45.0 Å². The van der Waals surface area contributed by atoms with Crippen molar-refractivity contribution in [2.45, 2.75) is 82.2 Å². The summed E-state index contributed by atoms with van der Waals surface area (Å²) >= 11 is 0. The minimum atomic E-state index is -2.93. The van der Waals surface area contributed by atoms with E-state index >= 15 is 0 Å². The summed E-state index contributed by atoms with van der Waals surface area (Å²) in [5.74, 6) is -0.711. The number of benzene rings is 3. The lowest BCUT2D eigenvalue weighted by Gasteiger charge is -2.46. The van der Waals surface area contributed by atoms with E-state index in [4.69, 9.17) is 30.0 Å². The molecule has 2 fully saturated rings. The number of rotatable bonds is 11. The number of carbonyl (C=O) groups excluding carboxylic acids is 2. The van der Waals surface area contributed by atoms with Gasteiger partial charge in [0, 0.05) is 5.57 Å². The molecule has 0 saturated carbocycles. The molecule has 0 aliphatic carbocycles. The van der Waals surface area contributed by atoms with Gasteiger partial charge >= 0.3 is 5.97 Å². The van der Waals surface area contributed by atoms with Crippen LogP contribution in [0.1, 0.15) is 45.6 Å². The van der Waals surface area contributed by atoms with Crippen molar-refractivity contribution < 1.29 is 33.0 Å². The zero-order valence-corrected chi connectivity index (χ0v) is 27.5. The van der Waals surface area contributed by atoms with E-state index in [1.54, 1.807) is 0 Å². The van der Waals surface area contributed by atoms with E-state index in [9.17, 15) is 9.59 Å². The monoisotopic (exact) mass is 627 g/mol. The maximum Gasteiger partial charge on any atom is 0.308 e. The van der Waals surface area contributed by atoms with Crippen LogP contribution >= 0.6 is 0 Å². The fourth-order valence-electron chi connectivity index (χ4n) is 6.48. The molecule has 0 amide bonds. The molecule has 237 valence electrons. The molecule has 2 saturated heterocycles. The van der Waals surface area contributed by atoms with Crippen LogP contribution in [-0.2, 0) is 39.6 Å². The second-order valence-electron chi connectivity index (χ2n) is 12.8. The highest BCUT2D eigenvalue weighted by atomic mass is 28.4. The molecule has 0 unspecified atom stereocenters. The number of hydrogen-bond acceptors (Lipinski definition) is 7. The van der Waals surface area contributed by atoms with Gasteiger partial charge in [-0.15, -0.1) is 0 Å². The summed E-state index contributed by atoms with van der Waals surface area (Å²) in [5, 5.41) is 2.02. The van der Waals surface area contributed by atoms with Crippen molar-refractivity contribution in [1.29, 1.82) is 0 Å². The van der Waals surface area contributed by atoms with Crippen LogP contribution in [0.3, 0.4) is 0 Å². The predicted molar refractivity (Wildman–Crippen MR) is 175 cm³/mol. The van der Waals surface area contributed by atoms with Gasteiger partial charge in [0.25, 0.3) is 8.32 Å². The van der Waals surface area contributed by atoms with Crippen LogP contribution in [0.4, 0.5) is 0 Å². The third-order valence-corrected chi connectivity index (χ3v) is 13.8. The summed E-state index contributed by atoms with van der Waals surface area (Å²) in [4.78, 5) is 25.6. The van der Waals surface area contributed by atoms with Crippen molar-refractivity contribution in [3.8, 4) is 0 Å². The smallest absolute Gasteiger partial charge is 0.308 e. The lowest BCUT2D eigenvalue weighted by atomic mass is 9.87. The lowest BCUT2D eigenvalue weighted by molar-refractivity contribution is -0.199. The predicted octanol–water partition coefficient (Wildman–Crippen LogP) is 4.95. The first-order valence-corrected chi connectivity index (χ1v) is 17.5. The lowest BCUT2D eigenvalue weighted by Crippen LogP contribution is -2.67. The van der Waals surface area contributed by atoms with Crippen LogP contribution in [0.15, 0.2) is 96.6 Å². The molecule has 0 spiro atoms. The van der Waals surface area contributed by atoms with Crippen molar-refractivity contribution in [2.24, 2.45) is 0 Å². The molecule has 5 rings (SSSR count). The van der Waals surface area contributed by atoms with Gasteiger partial charge in [0.05, 0.1) is 39.0 Å². The summed E-state index contributed by atoms with van der Waals surface area (Å²) in [7, 11) is -1.59. The average Bonchev–Trinajstić information content (AvgIpc) is 3.05. The van der Waals surface area contributed by atoms with Crippen LogP contribution in [0.5, 0.6) is 0 Å². The van der Waals surface area contributed by atoms with E-state index in [-0.39, 0.29) is 35.4 Å². The first kappa shape index (κ1) is 33.0. The first-order valence-electron chi connectivity index (χ1n) is 15.6. The molecule has 3 aromatic rings. The van der Waals surface area contributed by atoms with Crippen LogP contribution < -0.4 is 10.4 Å². The SMILES string of the molecule is [CH]=C1C(=O)[C@H]2O[C@@H](CC(=O)OC)CC[C@@H]2O[C@H]1[C@H](CO[Si](c1ccccc1)(c1ccccc1)C(C)(C)C)OCc1ccccc1. The maximum absolute atomic E-state index is 13.7. The maximum atomic E-state index is 13.7. The van der Waals surface area contributed by atoms with Crippen molar-refractivity contribution >= 4 is 30.4 Å². The van der Waals surface area contributed by atoms with Gasteiger partial charge in [0.15, 0.2) is 5.78 Å². The molecule has 2 aliphatic rings. The minimum absolute atomic E-state index is 0.0408. The Kier molecular flexibility index (Phi) is 10.5. The molecule has 1 radical (unpaired) electrons. The zero-order chi connectivity index (χ0) is 32.0. The Labute approximate surface area is 267 Å². The van der Waals surface area contributed by atoms with Gasteiger partial charge in [0.1, 0.15) is 18.3 Å². The number of fused-ring (bicyclic) bond motifs is 1. The Bertz CT molecular complexity index is 1400. The summed E-state index contributed by atoms with van der Waals surface area (Å²) in [6.07, 6.45) is -2.15. The topological polar surface area (TPSA) is 80.3 Å². The van der Waals surface area contributed by atoms with Crippen molar-refractivity contribution in [1.82, 2.24) is 0 Å². The highest BCUT2D eigenvalue weighted by Crippen LogP contribution is 2.38. The molecule has 3 aromatic carbocycles. The molecule has 0 bridgehead atoms. The summed E-state index contributed by atoms with van der Waals surface area (Å²) in [5.41, 5.74) is 1.03. The fourth-order valence-corrected chi connectivity index (χ4v) is 11.0. The minimum Gasteiger partial charge on any atom is -0.469 e. The number of hydrogen-bond donors (Lipinski definition) is 0. The Morgan fingerprint density at radius 2 is 1.49 bits per heavy atom. The van der Waals surface area contributed by atoms with Crippen LogP contribution in [0.25, 0.3) is 0 Å². The van der Waals surface area contributed by atoms with Crippen molar-refractivity contribution in [3.63, 3.8) is 0 Å². The van der Waals surface area contributed by atoms with E-state index in [0.29, 0.717) is 19.4 Å². The number of ether oxygens (including phenoxy) is 4. The molecule has 45 heavy (non-hydrogen) atoms. The van der Waals surface area contributed by atoms with Crippen molar-refractivity contribution in [3.05, 3.63) is 109 Å². The third kappa shape index (κ3) is 7.21. The standard InChI is InChI=1S/C37H43O7Si/c1-26-34(39)36-31(22-21-28(43-36)23-33(38)40-5)44-35(26)32(41-24-27-15-9-6-10-16-27)25-42-45(37(2,3)4,29-17-11-7-12-18-29)30-19-13-8-14-20-30/h1,6-20,28,31-32,35-36H,21-25H2,2-5H3/t28-,31+,32+,35-,36+/m1/s1. The van der Waals surface area contributed by atoms with Gasteiger partial charge < -0.3 is 23.4 Å². The van der Waals surface area contributed by atoms with Gasteiger partial charge in [-0.25, -0.2) is 0 Å². The Morgan fingerprint density at radius 1 is 0.911 bits per heavy atom. The van der Waals surface area contributed by atoms with Gasteiger partial charge in [-0.05, 0) is 33.8 Å². The number of carbonyl (C=O) groups is 2. The number of esters is 1. The molecule has 0 aromatic heterocycles. The quantitative estimate of drug-likeness (QED) is 0.169. The molecular formula is C37H43O7Si. The van der Waals surface area contributed by atoms with E-state index in [1.165, 1.54) is 7.11 Å². The molecule has 7 nitrogen and oxygen atoms in total. The van der Waals surface area contributed by atoms with Crippen molar-refractivity contribution in [2.75, 3.05) is 13.7 Å². The number of ketones is 1. The molecule has 0 N–H and O–H groups in total. The second kappa shape index (κ2) is 14.4. The summed E-state index contributed by atoms with van der Waals surface area (Å²) < 4.78 is 31.2. The average molecular weight is 628 g/mol. The zero-order valence-electron chi connectivity index (χ0n) is 26.5. The largest absolute Gasteiger partial charge is 0.469 e. The third-order valence-electron chi connectivity index (χ3n) is 8.77. The van der Waals surface area contributed by atoms with Crippen LogP contribution in [0.2, 0.25) is 5.04 Å². The number of Topliss-reactive ketones (excluding diaryl/α,β-unsaturated/α-hetero) is 1. The molecule has 2 heterocycles. The molecule has 8 heteroatoms. The van der Waals surface area contributed by atoms with E-state index in [0.717, 1.165) is 15.9 Å². The number of methoxy groups -OCH3 is 1. The van der Waals surface area contributed by atoms with Gasteiger partial charge in [0.2, 0.25) is 0 Å². The Hall–Kier alpha value is -3.40. The normalized spacial score (nSPS) is 22.8. The second-order valence-corrected chi connectivity index (χ2v) is 17.1. The molecule has 5 atom stereocenters. The fraction of sp³-hybridized carbons (Fsp3) is 0.405. The Balaban J connectivity index is 1.45. The first-order chi connectivity index (χ1) is 21.6. The molecule has 2 aliphatic heterocycles. The van der Waals surface area contributed by atoms with Crippen LogP contribution in [0, 0.1) is 6.58 Å². The van der Waals surface area contributed by atoms with Gasteiger partial charge in [-0.1, -0.05) is 118 Å². The molecular weight excluding hydrogens is 584 g/mol. The van der Waals surface area contributed by atoms with E-state index < -0.39 is 38.8 Å². The van der Waals surface area contributed by atoms with Crippen LogP contribution in [-0.4, -0.2) is 64.3 Å². The van der Waals surface area contributed by atoms with Gasteiger partial charge in [-0.3, -0.25) is 9.59 Å². The van der Waals surface area contributed by atoms with E-state index in [1.807, 2.05) is 66.7 Å². The Morgan fingerprint density at radius 3 is 2.04 bits per heavy atom. The highest BCUT2D eigenvalue weighted by Gasteiger charge is 2.52.